The Morgan fingerprint density at radius 2 is 2.24 bits per heavy atom. The Balaban J connectivity index is 1.74. The number of fused-ring (bicyclic) bond motifs is 1. The lowest BCUT2D eigenvalue weighted by molar-refractivity contribution is 0.0600. The van der Waals surface area contributed by atoms with Crippen LogP contribution in [0.2, 0.25) is 0 Å². The lowest BCUT2D eigenvalue weighted by Crippen LogP contribution is -2.19. The van der Waals surface area contributed by atoms with E-state index < -0.39 is 6.09 Å². The molecule has 1 aliphatic rings. The third-order valence-electron chi connectivity index (χ3n) is 4.14. The molecule has 0 bridgehead atoms. The fourth-order valence-corrected chi connectivity index (χ4v) is 2.94. The number of esters is 1. The molecule has 1 aromatic carbocycles. The smallest absolute Gasteiger partial charge is 0.414 e. The van der Waals surface area contributed by atoms with Gasteiger partial charge in [0.15, 0.2) is 0 Å². The van der Waals surface area contributed by atoms with Gasteiger partial charge in [-0.15, -0.1) is 5.10 Å². The van der Waals surface area contributed by atoms with E-state index in [-0.39, 0.29) is 24.4 Å². The van der Waals surface area contributed by atoms with E-state index in [1.54, 1.807) is 17.7 Å². The van der Waals surface area contributed by atoms with E-state index in [0.29, 0.717) is 18.5 Å². The molecule has 0 saturated carbocycles. The molecule has 1 aliphatic heterocycles. The predicted molar refractivity (Wildman–Crippen MR) is 89.5 cm³/mol. The highest BCUT2D eigenvalue weighted by Crippen LogP contribution is 2.29. The number of carbonyl (C=O) groups is 2. The molecule has 0 aliphatic carbocycles. The van der Waals surface area contributed by atoms with Crippen molar-refractivity contribution < 1.29 is 19.1 Å². The Morgan fingerprint density at radius 1 is 1.40 bits per heavy atom. The first kappa shape index (κ1) is 16.9. The molecule has 1 atom stereocenters. The average Bonchev–Trinajstić information content (AvgIpc) is 3.02. The molecule has 1 N–H and O–H groups in total. The van der Waals surface area contributed by atoms with E-state index in [9.17, 15) is 9.59 Å². The molecule has 3 rings (SSSR count). The van der Waals surface area contributed by atoms with Crippen LogP contribution in [-0.4, -0.2) is 40.5 Å². The molecule has 8 heteroatoms. The fraction of sp³-hybridized carbons (Fsp3) is 0.412. The Bertz CT molecular complexity index is 787. The minimum absolute atomic E-state index is 0.233. The number of nitrogens with zero attached hydrogens (tertiary/aromatic N) is 3. The first-order valence-corrected chi connectivity index (χ1v) is 8.16. The summed E-state index contributed by atoms with van der Waals surface area (Å²) in [6.07, 6.45) is 0.995. The molecular formula is C17H20N4O4. The topological polar surface area (TPSA) is 95.3 Å². The molecule has 0 saturated heterocycles. The SMILES string of the molecule is CCOC(=O)Nc1nc2n(n1)CCC(c1cccc(C(=O)OC)c1)C2. The minimum Gasteiger partial charge on any atom is -0.465 e. The van der Waals surface area contributed by atoms with Crippen LogP contribution >= 0.6 is 0 Å². The van der Waals surface area contributed by atoms with Crippen molar-refractivity contribution in [3.05, 3.63) is 41.2 Å². The van der Waals surface area contributed by atoms with Crippen LogP contribution in [0, 0.1) is 0 Å². The number of ether oxygens (including phenoxy) is 2. The number of methoxy groups -OCH3 is 1. The largest absolute Gasteiger partial charge is 0.465 e. The van der Waals surface area contributed by atoms with Crippen molar-refractivity contribution in [2.45, 2.75) is 32.2 Å². The number of nitrogens with one attached hydrogen (secondary N) is 1. The summed E-state index contributed by atoms with van der Waals surface area (Å²) in [7, 11) is 1.37. The van der Waals surface area contributed by atoms with Gasteiger partial charge in [-0.2, -0.15) is 4.98 Å². The third kappa shape index (κ3) is 3.78. The Kier molecular flexibility index (Phi) is 4.97. The molecule has 8 nitrogen and oxygen atoms in total. The molecule has 1 amide bonds. The molecule has 1 aromatic heterocycles. The van der Waals surface area contributed by atoms with E-state index in [1.807, 2.05) is 18.2 Å². The van der Waals surface area contributed by atoms with Crippen LogP contribution < -0.4 is 5.32 Å². The zero-order valence-electron chi connectivity index (χ0n) is 14.2. The second kappa shape index (κ2) is 7.33. The van der Waals surface area contributed by atoms with Gasteiger partial charge in [-0.25, -0.2) is 14.3 Å². The Hall–Kier alpha value is -2.90. The molecule has 132 valence electrons. The Morgan fingerprint density at radius 3 is 3.00 bits per heavy atom. The van der Waals surface area contributed by atoms with E-state index in [0.717, 1.165) is 17.8 Å². The molecule has 0 fully saturated rings. The third-order valence-corrected chi connectivity index (χ3v) is 4.14. The van der Waals surface area contributed by atoms with Crippen molar-refractivity contribution in [3.63, 3.8) is 0 Å². The highest BCUT2D eigenvalue weighted by atomic mass is 16.5. The summed E-state index contributed by atoms with van der Waals surface area (Å²) in [5.41, 5.74) is 1.61. The van der Waals surface area contributed by atoms with Crippen LogP contribution in [-0.2, 0) is 22.4 Å². The molecule has 2 aromatic rings. The van der Waals surface area contributed by atoms with Gasteiger partial charge >= 0.3 is 12.1 Å². The second-order valence-electron chi connectivity index (χ2n) is 5.73. The zero-order valence-corrected chi connectivity index (χ0v) is 14.2. The first-order valence-electron chi connectivity index (χ1n) is 8.16. The molecule has 0 radical (unpaired) electrons. The summed E-state index contributed by atoms with van der Waals surface area (Å²) in [5.74, 6) is 0.933. The first-order chi connectivity index (χ1) is 12.1. The molecule has 1 unspecified atom stereocenters. The number of rotatable bonds is 4. The lowest BCUT2D eigenvalue weighted by Gasteiger charge is -2.22. The maximum atomic E-state index is 11.7. The van der Waals surface area contributed by atoms with Crippen molar-refractivity contribution in [1.29, 1.82) is 0 Å². The standard InChI is InChI=1S/C17H20N4O4/c1-3-25-17(23)19-16-18-14-10-12(7-8-21(14)20-16)11-5-4-6-13(9-11)15(22)24-2/h4-6,9,12H,3,7-8,10H2,1-2H3,(H,19,20,23). The van der Waals surface area contributed by atoms with E-state index >= 15 is 0 Å². The predicted octanol–water partition coefficient (Wildman–Crippen LogP) is 2.36. The molecule has 2 heterocycles. The second-order valence-corrected chi connectivity index (χ2v) is 5.73. The number of carbonyl (C=O) groups excluding carboxylic acids is 2. The highest BCUT2D eigenvalue weighted by Gasteiger charge is 2.24. The average molecular weight is 344 g/mol. The van der Waals surface area contributed by atoms with Crippen molar-refractivity contribution in [3.8, 4) is 0 Å². The minimum atomic E-state index is -0.562. The number of anilines is 1. The monoisotopic (exact) mass is 344 g/mol. The van der Waals surface area contributed by atoms with E-state index in [1.165, 1.54) is 7.11 Å². The quantitative estimate of drug-likeness (QED) is 0.856. The number of hydrogen-bond acceptors (Lipinski definition) is 6. The lowest BCUT2D eigenvalue weighted by atomic mass is 9.89. The van der Waals surface area contributed by atoms with Crippen LogP contribution in [0.3, 0.4) is 0 Å². The Labute approximate surface area is 145 Å². The van der Waals surface area contributed by atoms with Gasteiger partial charge in [0.2, 0.25) is 0 Å². The summed E-state index contributed by atoms with van der Waals surface area (Å²) in [4.78, 5) is 27.6. The number of benzene rings is 1. The summed E-state index contributed by atoms with van der Waals surface area (Å²) in [6.45, 7) is 2.72. The van der Waals surface area contributed by atoms with Gasteiger partial charge < -0.3 is 9.47 Å². The van der Waals surface area contributed by atoms with Gasteiger partial charge in [0.05, 0.1) is 19.3 Å². The van der Waals surface area contributed by atoms with Crippen molar-refractivity contribution >= 4 is 18.0 Å². The van der Waals surface area contributed by atoms with Gasteiger partial charge in [0.25, 0.3) is 5.95 Å². The van der Waals surface area contributed by atoms with Gasteiger partial charge in [0, 0.05) is 13.0 Å². The highest BCUT2D eigenvalue weighted by molar-refractivity contribution is 5.89. The summed E-state index contributed by atoms with van der Waals surface area (Å²) >= 11 is 0. The maximum Gasteiger partial charge on any atom is 0.414 e. The van der Waals surface area contributed by atoms with Gasteiger partial charge in [-0.1, -0.05) is 12.1 Å². The summed E-state index contributed by atoms with van der Waals surface area (Å²) in [6, 6.07) is 7.46. The molecule has 25 heavy (non-hydrogen) atoms. The van der Waals surface area contributed by atoms with Gasteiger partial charge in [-0.05, 0) is 37.0 Å². The fourth-order valence-electron chi connectivity index (χ4n) is 2.94. The van der Waals surface area contributed by atoms with Crippen LogP contribution in [0.5, 0.6) is 0 Å². The molecule has 0 spiro atoms. The van der Waals surface area contributed by atoms with Crippen molar-refractivity contribution in [2.24, 2.45) is 0 Å². The van der Waals surface area contributed by atoms with E-state index in [4.69, 9.17) is 9.47 Å². The van der Waals surface area contributed by atoms with Crippen LogP contribution in [0.25, 0.3) is 0 Å². The number of aromatic nitrogens is 3. The van der Waals surface area contributed by atoms with Crippen LogP contribution in [0.4, 0.5) is 10.7 Å². The van der Waals surface area contributed by atoms with Gasteiger partial charge in [-0.3, -0.25) is 5.32 Å². The van der Waals surface area contributed by atoms with Crippen molar-refractivity contribution in [2.75, 3.05) is 19.0 Å². The van der Waals surface area contributed by atoms with Crippen LogP contribution in [0.15, 0.2) is 24.3 Å². The zero-order chi connectivity index (χ0) is 17.8. The number of amides is 1. The molecular weight excluding hydrogens is 324 g/mol. The normalized spacial score (nSPS) is 16.0. The maximum absolute atomic E-state index is 11.7. The number of aryl methyl sites for hydroxylation is 1. The number of hydrogen-bond donors (Lipinski definition) is 1. The van der Waals surface area contributed by atoms with E-state index in [2.05, 4.69) is 15.4 Å². The van der Waals surface area contributed by atoms with Crippen LogP contribution in [0.1, 0.15) is 41.0 Å². The van der Waals surface area contributed by atoms with Crippen molar-refractivity contribution in [1.82, 2.24) is 14.8 Å². The summed E-state index contributed by atoms with van der Waals surface area (Å²) < 4.78 is 11.4. The van der Waals surface area contributed by atoms with Gasteiger partial charge in [0.1, 0.15) is 5.82 Å². The summed E-state index contributed by atoms with van der Waals surface area (Å²) in [5, 5.41) is 6.80.